The van der Waals surface area contributed by atoms with Crippen LogP contribution in [0.4, 0.5) is 0 Å². The minimum Gasteiger partial charge on any atom is -0.480 e. The number of amides is 3. The Morgan fingerprint density at radius 2 is 1.61 bits per heavy atom. The van der Waals surface area contributed by atoms with Gasteiger partial charge in [0.25, 0.3) is 0 Å². The van der Waals surface area contributed by atoms with Crippen LogP contribution in [0.3, 0.4) is 0 Å². The first-order valence-corrected chi connectivity index (χ1v) is 7.06. The van der Waals surface area contributed by atoms with Crippen molar-refractivity contribution in [2.75, 3.05) is 13.2 Å². The number of nitrogens with two attached hydrogens (primary N) is 1. The fourth-order valence-electron chi connectivity index (χ4n) is 1.40. The normalized spacial score (nSPS) is 14.5. The molecule has 0 saturated carbocycles. The van der Waals surface area contributed by atoms with Gasteiger partial charge in [-0.15, -0.1) is 0 Å². The summed E-state index contributed by atoms with van der Waals surface area (Å²) < 4.78 is 0. The lowest BCUT2D eigenvalue weighted by molar-refractivity contribution is -0.142. The Hall–Kier alpha value is -2.20. The third-order valence-electron chi connectivity index (χ3n) is 3.01. The van der Waals surface area contributed by atoms with Gasteiger partial charge >= 0.3 is 5.97 Å². The van der Waals surface area contributed by atoms with Crippen molar-refractivity contribution >= 4 is 23.7 Å². The molecule has 3 amide bonds. The fraction of sp³-hybridized carbons (Fsp3) is 0.692. The number of nitrogens with one attached hydrogen (secondary N) is 3. The van der Waals surface area contributed by atoms with Crippen molar-refractivity contribution in [1.29, 1.82) is 0 Å². The molecule has 0 heterocycles. The summed E-state index contributed by atoms with van der Waals surface area (Å²) in [7, 11) is 0. The molecule has 132 valence electrons. The van der Waals surface area contributed by atoms with Crippen LogP contribution in [0.25, 0.3) is 0 Å². The summed E-state index contributed by atoms with van der Waals surface area (Å²) >= 11 is 0. The van der Waals surface area contributed by atoms with Gasteiger partial charge in [-0.2, -0.15) is 0 Å². The quantitative estimate of drug-likeness (QED) is 0.264. The first-order valence-electron chi connectivity index (χ1n) is 7.06. The van der Waals surface area contributed by atoms with Crippen molar-refractivity contribution in [3.05, 3.63) is 0 Å². The second-order valence-corrected chi connectivity index (χ2v) is 5.36. The van der Waals surface area contributed by atoms with Gasteiger partial charge in [0.1, 0.15) is 12.1 Å². The number of carbonyl (C=O) groups excluding carboxylic acids is 3. The summed E-state index contributed by atoms with van der Waals surface area (Å²) in [5.41, 5.74) is 5.60. The summed E-state index contributed by atoms with van der Waals surface area (Å²) in [6, 6.07) is -3.26. The first-order chi connectivity index (χ1) is 10.6. The van der Waals surface area contributed by atoms with E-state index in [4.69, 9.17) is 15.9 Å². The third kappa shape index (κ3) is 7.56. The first kappa shape index (κ1) is 20.8. The van der Waals surface area contributed by atoms with Gasteiger partial charge < -0.3 is 31.9 Å². The van der Waals surface area contributed by atoms with E-state index < -0.39 is 55.0 Å². The summed E-state index contributed by atoms with van der Waals surface area (Å²) in [6.07, 6.45) is 0. The minimum atomic E-state index is -1.32. The second-order valence-electron chi connectivity index (χ2n) is 5.36. The minimum absolute atomic E-state index is 0.105. The van der Waals surface area contributed by atoms with Crippen molar-refractivity contribution < 1.29 is 29.4 Å². The summed E-state index contributed by atoms with van der Waals surface area (Å²) in [4.78, 5) is 45.6. The molecule has 0 saturated heterocycles. The smallest absolute Gasteiger partial charge is 0.325 e. The molecule has 3 atom stereocenters. The van der Waals surface area contributed by atoms with Crippen molar-refractivity contribution in [2.45, 2.75) is 38.9 Å². The summed E-state index contributed by atoms with van der Waals surface area (Å²) in [5, 5.41) is 24.4. The number of aliphatic hydroxyl groups excluding tert-OH is 1. The van der Waals surface area contributed by atoms with Crippen LogP contribution in [-0.4, -0.2) is 65.2 Å². The molecule has 0 bridgehead atoms. The SMILES string of the molecule is CC(C)[C@H](N)C(=O)NCC(=O)N[C@@H](CO)C(=O)N[C@@H](C)C(=O)O. The zero-order valence-corrected chi connectivity index (χ0v) is 13.3. The molecule has 0 aliphatic heterocycles. The van der Waals surface area contributed by atoms with Crippen LogP contribution in [0.5, 0.6) is 0 Å². The van der Waals surface area contributed by atoms with E-state index in [1.807, 2.05) is 0 Å². The van der Waals surface area contributed by atoms with Gasteiger partial charge in [0, 0.05) is 0 Å². The molecule has 0 spiro atoms. The number of aliphatic carboxylic acids is 1. The van der Waals surface area contributed by atoms with Crippen LogP contribution < -0.4 is 21.7 Å². The summed E-state index contributed by atoms with van der Waals surface area (Å²) in [5.74, 6) is -3.44. The van der Waals surface area contributed by atoms with Gasteiger partial charge in [0.2, 0.25) is 17.7 Å². The lowest BCUT2D eigenvalue weighted by Gasteiger charge is -2.19. The molecule has 23 heavy (non-hydrogen) atoms. The number of carboxylic acids is 1. The van der Waals surface area contributed by atoms with Gasteiger partial charge in [-0.3, -0.25) is 19.2 Å². The highest BCUT2D eigenvalue weighted by Gasteiger charge is 2.24. The average Bonchev–Trinajstić information content (AvgIpc) is 2.48. The van der Waals surface area contributed by atoms with E-state index in [9.17, 15) is 19.2 Å². The molecule has 10 nitrogen and oxygen atoms in total. The standard InChI is InChI=1S/C13H24N4O6/c1-6(2)10(14)12(21)15-4-9(19)17-8(5-18)11(20)16-7(3)13(22)23/h6-8,10,18H,4-5,14H2,1-3H3,(H,15,21)(H,16,20)(H,17,19)(H,22,23)/t7-,8-,10-/m0/s1. The molecular weight excluding hydrogens is 308 g/mol. The predicted molar refractivity (Wildman–Crippen MR) is 80.1 cm³/mol. The Labute approximate surface area is 133 Å². The molecule has 0 aromatic rings. The van der Waals surface area contributed by atoms with Crippen molar-refractivity contribution in [2.24, 2.45) is 11.7 Å². The van der Waals surface area contributed by atoms with E-state index in [-0.39, 0.29) is 5.92 Å². The zero-order valence-electron chi connectivity index (χ0n) is 13.3. The molecular formula is C13H24N4O6. The van der Waals surface area contributed by atoms with E-state index in [2.05, 4.69) is 16.0 Å². The Bertz CT molecular complexity index is 454. The molecule has 7 N–H and O–H groups in total. The number of rotatable bonds is 9. The van der Waals surface area contributed by atoms with Crippen LogP contribution in [0.1, 0.15) is 20.8 Å². The highest BCUT2D eigenvalue weighted by atomic mass is 16.4. The summed E-state index contributed by atoms with van der Waals surface area (Å²) in [6.45, 7) is 3.60. The van der Waals surface area contributed by atoms with E-state index in [0.29, 0.717) is 0 Å². The van der Waals surface area contributed by atoms with Crippen molar-refractivity contribution in [1.82, 2.24) is 16.0 Å². The Morgan fingerprint density at radius 1 is 1.04 bits per heavy atom. The van der Waals surface area contributed by atoms with Crippen LogP contribution >= 0.6 is 0 Å². The topological polar surface area (TPSA) is 171 Å². The molecule has 0 rings (SSSR count). The third-order valence-corrected chi connectivity index (χ3v) is 3.01. The highest BCUT2D eigenvalue weighted by Crippen LogP contribution is 1.97. The van der Waals surface area contributed by atoms with Gasteiger partial charge in [0.05, 0.1) is 19.2 Å². The van der Waals surface area contributed by atoms with E-state index in [1.165, 1.54) is 6.92 Å². The lowest BCUT2D eigenvalue weighted by atomic mass is 10.1. The Balaban J connectivity index is 4.42. The Morgan fingerprint density at radius 3 is 2.04 bits per heavy atom. The van der Waals surface area contributed by atoms with Crippen LogP contribution in [-0.2, 0) is 19.2 Å². The molecule has 0 fully saturated rings. The molecule has 0 unspecified atom stereocenters. The van der Waals surface area contributed by atoms with Gasteiger partial charge in [-0.05, 0) is 12.8 Å². The van der Waals surface area contributed by atoms with Crippen molar-refractivity contribution in [3.8, 4) is 0 Å². The predicted octanol–water partition coefficient (Wildman–Crippen LogP) is -2.85. The van der Waals surface area contributed by atoms with Crippen LogP contribution in [0, 0.1) is 5.92 Å². The second kappa shape index (κ2) is 9.74. The monoisotopic (exact) mass is 332 g/mol. The van der Waals surface area contributed by atoms with Gasteiger partial charge in [0.15, 0.2) is 0 Å². The maximum absolute atomic E-state index is 11.7. The highest BCUT2D eigenvalue weighted by molar-refractivity contribution is 5.92. The average molecular weight is 332 g/mol. The molecule has 0 aliphatic rings. The van der Waals surface area contributed by atoms with Gasteiger partial charge in [-0.1, -0.05) is 13.8 Å². The van der Waals surface area contributed by atoms with Crippen molar-refractivity contribution in [3.63, 3.8) is 0 Å². The lowest BCUT2D eigenvalue weighted by Crippen LogP contribution is -2.54. The molecule has 0 aromatic heterocycles. The number of carbonyl (C=O) groups is 4. The van der Waals surface area contributed by atoms with Crippen LogP contribution in [0.15, 0.2) is 0 Å². The maximum Gasteiger partial charge on any atom is 0.325 e. The molecule has 10 heteroatoms. The van der Waals surface area contributed by atoms with Gasteiger partial charge in [-0.25, -0.2) is 0 Å². The number of hydrogen-bond donors (Lipinski definition) is 6. The fourth-order valence-corrected chi connectivity index (χ4v) is 1.40. The van der Waals surface area contributed by atoms with E-state index in [1.54, 1.807) is 13.8 Å². The molecule has 0 aromatic carbocycles. The Kier molecular flexibility index (Phi) is 8.81. The molecule has 0 radical (unpaired) electrons. The number of hydrogen-bond acceptors (Lipinski definition) is 6. The molecule has 0 aliphatic carbocycles. The number of aliphatic hydroxyl groups is 1. The largest absolute Gasteiger partial charge is 0.480 e. The maximum atomic E-state index is 11.7. The van der Waals surface area contributed by atoms with E-state index >= 15 is 0 Å². The van der Waals surface area contributed by atoms with Crippen LogP contribution in [0.2, 0.25) is 0 Å². The zero-order chi connectivity index (χ0) is 18.2. The van der Waals surface area contributed by atoms with E-state index in [0.717, 1.165) is 0 Å². The number of carboxylic acid groups (broad SMARTS) is 1.